The highest BCUT2D eigenvalue weighted by Crippen LogP contribution is 2.06. The number of carbonyl (C=O) groups is 1. The lowest BCUT2D eigenvalue weighted by Crippen LogP contribution is -1.93. The van der Waals surface area contributed by atoms with Crippen molar-refractivity contribution in [1.29, 1.82) is 0 Å². The smallest absolute Gasteiger partial charge is 0.179 e. The van der Waals surface area contributed by atoms with Crippen LogP contribution >= 0.6 is 0 Å². The van der Waals surface area contributed by atoms with E-state index in [0.717, 1.165) is 0 Å². The third kappa shape index (κ3) is 1.27. The second-order valence-electron chi connectivity index (χ2n) is 1.79. The Morgan fingerprint density at radius 3 is 2.70 bits per heavy atom. The number of rotatable bonds is 2. The van der Waals surface area contributed by atoms with E-state index in [0.29, 0.717) is 5.76 Å². The fourth-order valence-electron chi connectivity index (χ4n) is 0.595. The lowest BCUT2D eigenvalue weighted by atomic mass is 10.0. The highest BCUT2D eigenvalue weighted by atomic mass is 16.4. The molecule has 1 aromatic heterocycles. The predicted molar refractivity (Wildman–Crippen MR) is 34.7 cm³/mol. The van der Waals surface area contributed by atoms with Crippen molar-refractivity contribution in [2.24, 2.45) is 0 Å². The third-order valence-corrected chi connectivity index (χ3v) is 1.06. The van der Waals surface area contributed by atoms with E-state index >= 15 is 0 Å². The zero-order chi connectivity index (χ0) is 7.56. The Balaban J connectivity index is 2.88. The van der Waals surface area contributed by atoms with Crippen LogP contribution in [0.3, 0.4) is 0 Å². The van der Waals surface area contributed by atoms with Gasteiger partial charge < -0.3 is 14.3 Å². The molecule has 2 radical (unpaired) electrons. The lowest BCUT2D eigenvalue weighted by Gasteiger charge is -1.86. The van der Waals surface area contributed by atoms with Gasteiger partial charge in [-0.1, -0.05) is 0 Å². The van der Waals surface area contributed by atoms with Gasteiger partial charge in [0.25, 0.3) is 0 Å². The van der Waals surface area contributed by atoms with Crippen molar-refractivity contribution in [3.05, 3.63) is 23.7 Å². The molecule has 4 heteroatoms. The van der Waals surface area contributed by atoms with Crippen LogP contribution in [0.5, 0.6) is 0 Å². The summed E-state index contributed by atoms with van der Waals surface area (Å²) in [7, 11) is 4.87. The van der Waals surface area contributed by atoms with E-state index in [-0.39, 0.29) is 12.4 Å². The van der Waals surface area contributed by atoms with E-state index in [2.05, 4.69) is 0 Å². The monoisotopic (exact) mass is 136 g/mol. The Labute approximate surface area is 59.1 Å². The van der Waals surface area contributed by atoms with Crippen LogP contribution < -0.4 is 0 Å². The van der Waals surface area contributed by atoms with Gasteiger partial charge in [-0.15, -0.1) is 0 Å². The van der Waals surface area contributed by atoms with E-state index in [9.17, 15) is 4.79 Å². The van der Waals surface area contributed by atoms with Gasteiger partial charge in [0.05, 0.1) is 0 Å². The molecule has 0 amide bonds. The van der Waals surface area contributed by atoms with E-state index in [1.54, 1.807) is 0 Å². The van der Waals surface area contributed by atoms with Crippen molar-refractivity contribution in [3.63, 3.8) is 0 Å². The molecular formula is C6H5BO3. The summed E-state index contributed by atoms with van der Waals surface area (Å²) in [4.78, 5) is 10.4. The van der Waals surface area contributed by atoms with Gasteiger partial charge in [0.2, 0.25) is 0 Å². The van der Waals surface area contributed by atoms with Crippen LogP contribution in [0.25, 0.3) is 0 Å². The molecular weight excluding hydrogens is 131 g/mol. The molecule has 0 spiro atoms. The summed E-state index contributed by atoms with van der Waals surface area (Å²) in [5.41, 5.74) is -0.625. The molecule has 1 N–H and O–H groups in total. The van der Waals surface area contributed by atoms with Gasteiger partial charge in [-0.25, -0.2) is 0 Å². The zero-order valence-corrected chi connectivity index (χ0v) is 5.20. The topological polar surface area (TPSA) is 50.4 Å². The molecule has 0 aliphatic rings. The van der Waals surface area contributed by atoms with Crippen molar-refractivity contribution < 1.29 is 14.3 Å². The summed E-state index contributed by atoms with van der Waals surface area (Å²) in [6, 6.07) is 2.92. The summed E-state index contributed by atoms with van der Waals surface area (Å²) >= 11 is 0. The fourth-order valence-corrected chi connectivity index (χ4v) is 0.595. The van der Waals surface area contributed by atoms with Crippen LogP contribution in [0.2, 0.25) is 0 Å². The quantitative estimate of drug-likeness (QED) is 0.585. The number of furan rings is 1. The number of aliphatic hydroxyl groups is 1. The molecule has 0 aliphatic heterocycles. The largest absolute Gasteiger partial charge is 0.457 e. The third-order valence-electron chi connectivity index (χ3n) is 1.06. The van der Waals surface area contributed by atoms with Gasteiger partial charge in [0.1, 0.15) is 18.0 Å². The summed E-state index contributed by atoms with van der Waals surface area (Å²) in [5.74, 6) is 0.415. The standard InChI is InChI=1S/C6H5BO3/c7-6(9)5-2-1-4(3-8)10-5/h1-2,8H,3H2. The molecule has 0 aromatic carbocycles. The minimum absolute atomic E-state index is 0.0732. The minimum atomic E-state index is -0.625. The number of hydrogen-bond acceptors (Lipinski definition) is 3. The van der Waals surface area contributed by atoms with Crippen LogP contribution in [-0.4, -0.2) is 18.6 Å². The molecule has 1 heterocycles. The molecule has 1 aromatic rings. The molecule has 0 unspecified atom stereocenters. The van der Waals surface area contributed by atoms with Crippen molar-refractivity contribution in [2.45, 2.75) is 6.61 Å². The number of aliphatic hydroxyl groups excluding tert-OH is 1. The Kier molecular flexibility index (Phi) is 1.92. The van der Waals surface area contributed by atoms with Gasteiger partial charge in [0.15, 0.2) is 13.6 Å². The van der Waals surface area contributed by atoms with Crippen LogP contribution in [0, 0.1) is 0 Å². The van der Waals surface area contributed by atoms with Crippen LogP contribution in [0.1, 0.15) is 16.3 Å². The van der Waals surface area contributed by atoms with Crippen LogP contribution in [0.15, 0.2) is 16.5 Å². The van der Waals surface area contributed by atoms with Crippen LogP contribution in [-0.2, 0) is 6.61 Å². The van der Waals surface area contributed by atoms with Gasteiger partial charge in [0, 0.05) is 0 Å². The number of hydrogen-bond donors (Lipinski definition) is 1. The molecule has 1 rings (SSSR count). The van der Waals surface area contributed by atoms with Gasteiger partial charge >= 0.3 is 0 Å². The summed E-state index contributed by atoms with van der Waals surface area (Å²) in [6.45, 7) is -0.215. The number of carbonyl (C=O) groups excluding carboxylic acids is 1. The summed E-state index contributed by atoms with van der Waals surface area (Å²) in [5, 5.41) is 8.49. The summed E-state index contributed by atoms with van der Waals surface area (Å²) in [6.07, 6.45) is 0. The first-order valence-electron chi connectivity index (χ1n) is 2.73. The maximum absolute atomic E-state index is 10.4. The molecule has 0 atom stereocenters. The Bertz CT molecular complexity index is 241. The normalized spacial score (nSPS) is 9.70. The van der Waals surface area contributed by atoms with E-state index < -0.39 is 5.68 Å². The van der Waals surface area contributed by atoms with Crippen molar-refractivity contribution in [1.82, 2.24) is 0 Å². The maximum atomic E-state index is 10.4. The molecule has 0 saturated carbocycles. The van der Waals surface area contributed by atoms with E-state index in [1.807, 2.05) is 0 Å². The Morgan fingerprint density at radius 1 is 1.70 bits per heavy atom. The molecule has 0 bridgehead atoms. The van der Waals surface area contributed by atoms with E-state index in [4.69, 9.17) is 17.4 Å². The van der Waals surface area contributed by atoms with Crippen molar-refractivity contribution >= 4 is 13.5 Å². The maximum Gasteiger partial charge on any atom is 0.179 e. The Hall–Kier alpha value is -1.03. The first-order chi connectivity index (χ1) is 4.74. The molecule has 0 saturated heterocycles. The molecule has 10 heavy (non-hydrogen) atoms. The second-order valence-corrected chi connectivity index (χ2v) is 1.79. The molecule has 3 nitrogen and oxygen atoms in total. The van der Waals surface area contributed by atoms with Crippen molar-refractivity contribution in [3.8, 4) is 0 Å². The fraction of sp³-hybridized carbons (Fsp3) is 0.167. The second kappa shape index (κ2) is 2.71. The molecule has 0 aliphatic carbocycles. The van der Waals surface area contributed by atoms with E-state index in [1.165, 1.54) is 12.1 Å². The summed E-state index contributed by atoms with van der Waals surface area (Å²) < 4.78 is 4.77. The van der Waals surface area contributed by atoms with Crippen LogP contribution in [0.4, 0.5) is 0 Å². The average molecular weight is 136 g/mol. The molecule has 50 valence electrons. The van der Waals surface area contributed by atoms with Gasteiger partial charge in [-0.05, 0) is 12.1 Å². The first kappa shape index (κ1) is 7.09. The lowest BCUT2D eigenvalue weighted by molar-refractivity contribution is 0.105. The highest BCUT2D eigenvalue weighted by molar-refractivity contribution is 6.61. The first-order valence-corrected chi connectivity index (χ1v) is 2.73. The minimum Gasteiger partial charge on any atom is -0.457 e. The SMILES string of the molecule is [B]C(=O)c1ccc(CO)o1. The van der Waals surface area contributed by atoms with Crippen molar-refractivity contribution in [2.75, 3.05) is 0 Å². The predicted octanol–water partition coefficient (Wildman–Crippen LogP) is 0.0806. The average Bonchev–Trinajstić information content (AvgIpc) is 2.34. The van der Waals surface area contributed by atoms with Gasteiger partial charge in [-0.2, -0.15) is 0 Å². The molecule has 0 fully saturated rings. The Morgan fingerprint density at radius 2 is 2.40 bits per heavy atom. The highest BCUT2D eigenvalue weighted by Gasteiger charge is 2.03. The zero-order valence-electron chi connectivity index (χ0n) is 5.20. The van der Waals surface area contributed by atoms with Gasteiger partial charge in [-0.3, -0.25) is 0 Å².